The first-order valence-electron chi connectivity index (χ1n) is 7.85. The Labute approximate surface area is 152 Å². The van der Waals surface area contributed by atoms with Crippen molar-refractivity contribution < 1.29 is 9.53 Å². The summed E-state index contributed by atoms with van der Waals surface area (Å²) in [6.45, 7) is 3.37. The number of ether oxygens (including phenoxy) is 1. The lowest BCUT2D eigenvalue weighted by molar-refractivity contribution is -0.117. The van der Waals surface area contributed by atoms with Gasteiger partial charge in [0.1, 0.15) is 18.4 Å². The first-order chi connectivity index (χ1) is 12.0. The van der Waals surface area contributed by atoms with Crippen molar-refractivity contribution in [1.29, 1.82) is 5.26 Å². The van der Waals surface area contributed by atoms with E-state index in [0.29, 0.717) is 29.4 Å². The Morgan fingerprint density at radius 3 is 2.64 bits per heavy atom. The number of benzene rings is 2. The molecule has 1 N–H and O–H groups in total. The first-order valence-corrected chi connectivity index (χ1v) is 8.23. The Bertz CT molecular complexity index is 769. The van der Waals surface area contributed by atoms with Crippen molar-refractivity contribution in [2.24, 2.45) is 0 Å². The molecule has 2 rings (SSSR count). The molecule has 0 aromatic heterocycles. The summed E-state index contributed by atoms with van der Waals surface area (Å²) in [5.74, 6) is 0.661. The number of amides is 1. The zero-order chi connectivity index (χ0) is 18.2. The summed E-state index contributed by atoms with van der Waals surface area (Å²) >= 11 is 5.95. The summed E-state index contributed by atoms with van der Waals surface area (Å²) in [6.07, 6.45) is 0. The molecule has 6 heteroatoms. The van der Waals surface area contributed by atoms with Crippen molar-refractivity contribution in [2.75, 3.05) is 32.1 Å². The van der Waals surface area contributed by atoms with Crippen LogP contribution in [0.25, 0.3) is 0 Å². The lowest BCUT2D eigenvalue weighted by Gasteiger charge is -2.17. The quantitative estimate of drug-likeness (QED) is 0.824. The number of carbonyl (C=O) groups excluding carboxylic acids is 1. The van der Waals surface area contributed by atoms with Gasteiger partial charge in [-0.05, 0) is 44.3 Å². The van der Waals surface area contributed by atoms with Crippen LogP contribution in [0.15, 0.2) is 42.5 Å². The van der Waals surface area contributed by atoms with E-state index in [0.717, 1.165) is 5.75 Å². The average Bonchev–Trinajstić information content (AvgIpc) is 2.56. The van der Waals surface area contributed by atoms with Gasteiger partial charge in [-0.25, -0.2) is 0 Å². The fourth-order valence-corrected chi connectivity index (χ4v) is 2.38. The third kappa shape index (κ3) is 6.11. The molecule has 0 spiro atoms. The van der Waals surface area contributed by atoms with Crippen LogP contribution in [0.1, 0.15) is 11.1 Å². The first kappa shape index (κ1) is 18.8. The van der Waals surface area contributed by atoms with Gasteiger partial charge in [-0.15, -0.1) is 0 Å². The molecule has 2 aromatic carbocycles. The molecule has 0 aliphatic carbocycles. The predicted molar refractivity (Wildman–Crippen MR) is 99.0 cm³/mol. The van der Waals surface area contributed by atoms with E-state index in [4.69, 9.17) is 21.6 Å². The number of hydrogen-bond donors (Lipinski definition) is 1. The molecule has 130 valence electrons. The number of nitriles is 1. The Morgan fingerprint density at radius 2 is 2.00 bits per heavy atom. The molecule has 0 aliphatic heterocycles. The van der Waals surface area contributed by atoms with Gasteiger partial charge in [-0.1, -0.05) is 29.3 Å². The van der Waals surface area contributed by atoms with E-state index in [1.165, 1.54) is 5.56 Å². The van der Waals surface area contributed by atoms with Crippen LogP contribution in [0, 0.1) is 18.3 Å². The van der Waals surface area contributed by atoms with Crippen molar-refractivity contribution in [3.8, 4) is 11.8 Å². The van der Waals surface area contributed by atoms with Gasteiger partial charge >= 0.3 is 0 Å². The number of nitrogens with zero attached hydrogens (tertiary/aromatic N) is 2. The summed E-state index contributed by atoms with van der Waals surface area (Å²) in [5.41, 5.74) is 2.13. The lowest BCUT2D eigenvalue weighted by atomic mass is 10.2. The van der Waals surface area contributed by atoms with E-state index in [9.17, 15) is 4.79 Å². The van der Waals surface area contributed by atoms with Gasteiger partial charge in [0.15, 0.2) is 0 Å². The molecular weight excluding hydrogens is 338 g/mol. The van der Waals surface area contributed by atoms with E-state index in [1.54, 1.807) is 18.2 Å². The summed E-state index contributed by atoms with van der Waals surface area (Å²) in [4.78, 5) is 13.9. The Morgan fingerprint density at radius 1 is 1.28 bits per heavy atom. The maximum absolute atomic E-state index is 12.1. The predicted octanol–water partition coefficient (Wildman–Crippen LogP) is 3.47. The van der Waals surface area contributed by atoms with Gasteiger partial charge in [-0.2, -0.15) is 5.26 Å². The van der Waals surface area contributed by atoms with Crippen LogP contribution in [0.3, 0.4) is 0 Å². The van der Waals surface area contributed by atoms with E-state index < -0.39 is 0 Å². The fraction of sp³-hybridized carbons (Fsp3) is 0.263. The minimum atomic E-state index is -0.154. The molecule has 0 atom stereocenters. The second-order valence-corrected chi connectivity index (χ2v) is 6.16. The molecule has 0 unspecified atom stereocenters. The van der Waals surface area contributed by atoms with Crippen molar-refractivity contribution in [1.82, 2.24) is 4.90 Å². The second kappa shape index (κ2) is 9.07. The van der Waals surface area contributed by atoms with Gasteiger partial charge in [0.25, 0.3) is 0 Å². The minimum Gasteiger partial charge on any atom is -0.492 e. The van der Waals surface area contributed by atoms with Gasteiger partial charge < -0.3 is 10.1 Å². The number of carbonyl (C=O) groups is 1. The number of nitrogens with one attached hydrogen (secondary N) is 1. The fourth-order valence-electron chi connectivity index (χ4n) is 2.16. The number of hydrogen-bond acceptors (Lipinski definition) is 4. The minimum absolute atomic E-state index is 0.154. The van der Waals surface area contributed by atoms with Crippen molar-refractivity contribution >= 4 is 23.2 Å². The maximum Gasteiger partial charge on any atom is 0.238 e. The number of rotatable bonds is 7. The lowest BCUT2D eigenvalue weighted by Crippen LogP contribution is -2.33. The highest BCUT2D eigenvalue weighted by atomic mass is 35.5. The molecular formula is C19H20ClN3O2. The number of likely N-dealkylation sites (N-methyl/N-ethyl adjacent to an activating group) is 1. The van der Waals surface area contributed by atoms with E-state index in [-0.39, 0.29) is 12.5 Å². The SMILES string of the molecule is Cc1ccc(OCCN(C)CC(=O)Nc2ccc(C#N)c(Cl)c2)cc1. The maximum atomic E-state index is 12.1. The van der Waals surface area contributed by atoms with E-state index >= 15 is 0 Å². The van der Waals surface area contributed by atoms with Gasteiger partial charge in [0.2, 0.25) is 5.91 Å². The Kier molecular flexibility index (Phi) is 6.81. The molecule has 0 heterocycles. The molecule has 0 saturated carbocycles. The van der Waals surface area contributed by atoms with Crippen molar-refractivity contribution in [3.05, 3.63) is 58.6 Å². The van der Waals surface area contributed by atoms with E-state index in [2.05, 4.69) is 5.32 Å². The summed E-state index contributed by atoms with van der Waals surface area (Å²) in [7, 11) is 1.85. The van der Waals surface area contributed by atoms with Crippen LogP contribution in [-0.4, -0.2) is 37.6 Å². The summed E-state index contributed by atoms with van der Waals surface area (Å²) < 4.78 is 5.65. The third-order valence-corrected chi connectivity index (χ3v) is 3.86. The standard InChI is InChI=1S/C19H20ClN3O2/c1-14-3-7-17(8-4-14)25-10-9-23(2)13-19(24)22-16-6-5-15(12-21)18(20)11-16/h3-8,11H,9-10,13H2,1-2H3,(H,22,24). The molecule has 0 fully saturated rings. The van der Waals surface area contributed by atoms with Crippen LogP contribution < -0.4 is 10.1 Å². The Balaban J connectivity index is 1.75. The van der Waals surface area contributed by atoms with Crippen LogP contribution in [-0.2, 0) is 4.79 Å². The van der Waals surface area contributed by atoms with Gasteiger partial charge in [-0.3, -0.25) is 9.69 Å². The molecule has 0 radical (unpaired) electrons. The number of anilines is 1. The summed E-state index contributed by atoms with van der Waals surface area (Å²) in [5, 5.41) is 11.9. The zero-order valence-corrected chi connectivity index (χ0v) is 15.0. The monoisotopic (exact) mass is 357 g/mol. The van der Waals surface area contributed by atoms with Gasteiger partial charge in [0.05, 0.1) is 17.1 Å². The van der Waals surface area contributed by atoms with Crippen LogP contribution in [0.2, 0.25) is 5.02 Å². The van der Waals surface area contributed by atoms with Gasteiger partial charge in [0, 0.05) is 12.2 Å². The molecule has 0 saturated heterocycles. The highest BCUT2D eigenvalue weighted by Gasteiger charge is 2.08. The highest BCUT2D eigenvalue weighted by molar-refractivity contribution is 6.32. The number of aryl methyl sites for hydroxylation is 1. The second-order valence-electron chi connectivity index (χ2n) is 5.75. The zero-order valence-electron chi connectivity index (χ0n) is 14.3. The summed E-state index contributed by atoms with van der Waals surface area (Å²) in [6, 6.07) is 14.6. The largest absolute Gasteiger partial charge is 0.492 e. The number of halogens is 1. The van der Waals surface area contributed by atoms with Crippen LogP contribution in [0.5, 0.6) is 5.75 Å². The van der Waals surface area contributed by atoms with E-state index in [1.807, 2.05) is 49.2 Å². The smallest absolute Gasteiger partial charge is 0.238 e. The molecule has 0 bridgehead atoms. The molecule has 0 aliphatic rings. The topological polar surface area (TPSA) is 65.4 Å². The molecule has 25 heavy (non-hydrogen) atoms. The normalized spacial score (nSPS) is 10.4. The van der Waals surface area contributed by atoms with Crippen LogP contribution >= 0.6 is 11.6 Å². The van der Waals surface area contributed by atoms with Crippen molar-refractivity contribution in [2.45, 2.75) is 6.92 Å². The molecule has 1 amide bonds. The van der Waals surface area contributed by atoms with Crippen molar-refractivity contribution in [3.63, 3.8) is 0 Å². The highest BCUT2D eigenvalue weighted by Crippen LogP contribution is 2.20. The van der Waals surface area contributed by atoms with Crippen LogP contribution in [0.4, 0.5) is 5.69 Å². The molecule has 5 nitrogen and oxygen atoms in total. The third-order valence-electron chi connectivity index (χ3n) is 3.55. The average molecular weight is 358 g/mol. The molecule has 2 aromatic rings. The Hall–Kier alpha value is -2.55.